The van der Waals surface area contributed by atoms with Gasteiger partial charge in [0.15, 0.2) is 0 Å². The van der Waals surface area contributed by atoms with Crippen LogP contribution in [0.3, 0.4) is 0 Å². The van der Waals surface area contributed by atoms with E-state index in [-0.39, 0.29) is 11.9 Å². The Morgan fingerprint density at radius 3 is 2.67 bits per heavy atom. The van der Waals surface area contributed by atoms with Crippen molar-refractivity contribution in [2.75, 3.05) is 7.05 Å². The highest BCUT2D eigenvalue weighted by Crippen LogP contribution is 2.11. The van der Waals surface area contributed by atoms with Gasteiger partial charge in [-0.15, -0.1) is 11.3 Å². The summed E-state index contributed by atoms with van der Waals surface area (Å²) >= 11 is 1.70. The van der Waals surface area contributed by atoms with Crippen LogP contribution in [0, 0.1) is 0 Å². The van der Waals surface area contributed by atoms with Gasteiger partial charge in [0.2, 0.25) is 5.91 Å². The average Bonchev–Trinajstić information content (AvgIpc) is 2.81. The van der Waals surface area contributed by atoms with E-state index >= 15 is 0 Å². The minimum absolute atomic E-state index is 0.175. The predicted octanol–water partition coefficient (Wildman–Crippen LogP) is 1.11. The summed E-state index contributed by atoms with van der Waals surface area (Å²) in [5.74, 6) is -0.327. The van der Waals surface area contributed by atoms with E-state index in [1.54, 1.807) is 18.3 Å². The number of carbonyl (C=O) groups is 2. The van der Waals surface area contributed by atoms with E-state index in [1.165, 1.54) is 11.9 Å². The number of hydrogen-bond acceptors (Lipinski definition) is 4. The molecule has 0 spiro atoms. The summed E-state index contributed by atoms with van der Waals surface area (Å²) in [6, 6.07) is 3.36. The van der Waals surface area contributed by atoms with Gasteiger partial charge in [0, 0.05) is 18.0 Å². The van der Waals surface area contributed by atoms with Crippen LogP contribution in [0.4, 0.5) is 4.79 Å². The van der Waals surface area contributed by atoms with Crippen molar-refractivity contribution in [3.8, 4) is 0 Å². The largest absolute Gasteiger partial charge is 0.341 e. The van der Waals surface area contributed by atoms with Gasteiger partial charge in [-0.25, -0.2) is 4.79 Å². The smallest absolute Gasteiger partial charge is 0.321 e. The summed E-state index contributed by atoms with van der Waals surface area (Å²) in [6.07, 6.45) is 0.870. The summed E-state index contributed by atoms with van der Waals surface area (Å²) in [5, 5.41) is 9.78. The van der Waals surface area contributed by atoms with Crippen LogP contribution in [0.15, 0.2) is 17.5 Å². The molecule has 0 aliphatic rings. The fourth-order valence-electron chi connectivity index (χ4n) is 1.57. The van der Waals surface area contributed by atoms with Gasteiger partial charge in [-0.3, -0.25) is 10.1 Å². The SMILES string of the molecule is CNC(=O)NC(=O)C(C)NC(C)Cc1cccs1. The third-order valence-electron chi connectivity index (χ3n) is 2.48. The molecule has 0 fully saturated rings. The molecule has 0 aromatic carbocycles. The van der Waals surface area contributed by atoms with E-state index < -0.39 is 12.1 Å². The molecule has 0 bridgehead atoms. The maximum absolute atomic E-state index is 11.6. The predicted molar refractivity (Wildman–Crippen MR) is 72.7 cm³/mol. The van der Waals surface area contributed by atoms with Crippen LogP contribution in [-0.4, -0.2) is 31.1 Å². The molecule has 18 heavy (non-hydrogen) atoms. The Bertz CT molecular complexity index is 392. The van der Waals surface area contributed by atoms with Crippen LogP contribution in [0.2, 0.25) is 0 Å². The molecule has 6 heteroatoms. The van der Waals surface area contributed by atoms with E-state index in [1.807, 2.05) is 18.4 Å². The van der Waals surface area contributed by atoms with E-state index in [0.29, 0.717) is 0 Å². The summed E-state index contributed by atoms with van der Waals surface area (Å²) in [6.45, 7) is 3.76. The number of carbonyl (C=O) groups excluding carboxylic acids is 2. The van der Waals surface area contributed by atoms with Gasteiger partial charge in [-0.05, 0) is 31.7 Å². The van der Waals surface area contributed by atoms with Crippen LogP contribution in [-0.2, 0) is 11.2 Å². The lowest BCUT2D eigenvalue weighted by atomic mass is 10.2. The summed E-state index contributed by atoms with van der Waals surface area (Å²) < 4.78 is 0. The second-order valence-electron chi connectivity index (χ2n) is 4.14. The second kappa shape index (κ2) is 7.13. The first-order valence-corrected chi connectivity index (χ1v) is 6.72. The molecule has 3 amide bonds. The quantitative estimate of drug-likeness (QED) is 0.750. The molecule has 0 aliphatic heterocycles. The summed E-state index contributed by atoms with van der Waals surface area (Å²) in [4.78, 5) is 23.9. The van der Waals surface area contributed by atoms with Crippen molar-refractivity contribution < 1.29 is 9.59 Å². The van der Waals surface area contributed by atoms with E-state index in [9.17, 15) is 9.59 Å². The number of imide groups is 1. The van der Waals surface area contributed by atoms with Crippen molar-refractivity contribution in [1.82, 2.24) is 16.0 Å². The first-order valence-electron chi connectivity index (χ1n) is 5.84. The second-order valence-corrected chi connectivity index (χ2v) is 5.17. The Balaban J connectivity index is 2.36. The molecule has 1 rings (SSSR count). The summed E-state index contributed by atoms with van der Waals surface area (Å²) in [5.41, 5.74) is 0. The summed E-state index contributed by atoms with van der Waals surface area (Å²) in [7, 11) is 1.47. The monoisotopic (exact) mass is 269 g/mol. The highest BCUT2D eigenvalue weighted by Gasteiger charge is 2.17. The fraction of sp³-hybridized carbons (Fsp3) is 0.500. The van der Waals surface area contributed by atoms with Crippen LogP contribution in [0.5, 0.6) is 0 Å². The molecule has 0 saturated carbocycles. The van der Waals surface area contributed by atoms with Crippen LogP contribution in [0.25, 0.3) is 0 Å². The number of rotatable bonds is 5. The Kier molecular flexibility index (Phi) is 5.80. The zero-order valence-corrected chi connectivity index (χ0v) is 11.6. The van der Waals surface area contributed by atoms with E-state index in [0.717, 1.165) is 6.42 Å². The average molecular weight is 269 g/mol. The Labute approximate surface area is 111 Å². The van der Waals surface area contributed by atoms with Crippen molar-refractivity contribution >= 4 is 23.3 Å². The molecule has 0 radical (unpaired) electrons. The molecule has 1 aromatic rings. The lowest BCUT2D eigenvalue weighted by molar-refractivity contribution is -0.121. The number of hydrogen-bond donors (Lipinski definition) is 3. The van der Waals surface area contributed by atoms with Crippen LogP contribution < -0.4 is 16.0 Å². The van der Waals surface area contributed by atoms with Crippen molar-refractivity contribution in [2.45, 2.75) is 32.4 Å². The van der Waals surface area contributed by atoms with Crippen LogP contribution >= 0.6 is 11.3 Å². The fourth-order valence-corrected chi connectivity index (χ4v) is 2.41. The molecule has 1 heterocycles. The van der Waals surface area contributed by atoms with Crippen molar-refractivity contribution in [3.05, 3.63) is 22.4 Å². The normalized spacial score (nSPS) is 13.7. The molecule has 2 unspecified atom stereocenters. The maximum atomic E-state index is 11.6. The number of nitrogens with one attached hydrogen (secondary N) is 3. The number of urea groups is 1. The highest BCUT2D eigenvalue weighted by molar-refractivity contribution is 7.09. The van der Waals surface area contributed by atoms with Crippen LogP contribution in [0.1, 0.15) is 18.7 Å². The Morgan fingerprint density at radius 2 is 2.11 bits per heavy atom. The van der Waals surface area contributed by atoms with Gasteiger partial charge >= 0.3 is 6.03 Å². The minimum Gasteiger partial charge on any atom is -0.341 e. The first-order chi connectivity index (χ1) is 8.52. The molecule has 1 aromatic heterocycles. The zero-order valence-electron chi connectivity index (χ0n) is 10.8. The van der Waals surface area contributed by atoms with Gasteiger partial charge in [-0.2, -0.15) is 0 Å². The van der Waals surface area contributed by atoms with E-state index in [4.69, 9.17) is 0 Å². The van der Waals surface area contributed by atoms with Gasteiger partial charge in [0.05, 0.1) is 6.04 Å². The van der Waals surface area contributed by atoms with Gasteiger partial charge in [0.25, 0.3) is 0 Å². The highest BCUT2D eigenvalue weighted by atomic mass is 32.1. The molecule has 5 nitrogen and oxygen atoms in total. The minimum atomic E-state index is -0.487. The molecule has 0 saturated heterocycles. The number of thiophene rings is 1. The Hall–Kier alpha value is -1.40. The Morgan fingerprint density at radius 1 is 1.39 bits per heavy atom. The molecule has 2 atom stereocenters. The molecule has 100 valence electrons. The lowest BCUT2D eigenvalue weighted by Crippen LogP contribution is -2.49. The molecule has 0 aliphatic carbocycles. The lowest BCUT2D eigenvalue weighted by Gasteiger charge is -2.18. The third-order valence-corrected chi connectivity index (χ3v) is 3.38. The topological polar surface area (TPSA) is 70.2 Å². The van der Waals surface area contributed by atoms with Gasteiger partial charge < -0.3 is 10.6 Å². The zero-order chi connectivity index (χ0) is 13.5. The van der Waals surface area contributed by atoms with Crippen molar-refractivity contribution in [3.63, 3.8) is 0 Å². The molecular formula is C12H19N3O2S. The third kappa shape index (κ3) is 4.85. The standard InChI is InChI=1S/C12H19N3O2S/c1-8(7-10-5-4-6-18-10)14-9(2)11(16)15-12(17)13-3/h4-6,8-9,14H,7H2,1-3H3,(H2,13,15,16,17). The first kappa shape index (κ1) is 14.7. The van der Waals surface area contributed by atoms with Gasteiger partial charge in [-0.1, -0.05) is 6.07 Å². The molecular weight excluding hydrogens is 250 g/mol. The van der Waals surface area contributed by atoms with E-state index in [2.05, 4.69) is 22.0 Å². The number of amides is 3. The maximum Gasteiger partial charge on any atom is 0.321 e. The van der Waals surface area contributed by atoms with Crippen molar-refractivity contribution in [1.29, 1.82) is 0 Å². The molecule has 3 N–H and O–H groups in total. The van der Waals surface area contributed by atoms with Crippen molar-refractivity contribution in [2.24, 2.45) is 0 Å². The van der Waals surface area contributed by atoms with Gasteiger partial charge in [0.1, 0.15) is 0 Å².